The van der Waals surface area contributed by atoms with Gasteiger partial charge in [0.05, 0.1) is 66.1 Å². The molecule has 2 heterocycles. The van der Waals surface area contributed by atoms with Crippen LogP contribution in [0.5, 0.6) is 0 Å². The van der Waals surface area contributed by atoms with Gasteiger partial charge in [-0.05, 0) is 44.1 Å². The number of anilines is 1. The number of likely N-dealkylation sites (N-methyl/N-ethyl adjacent to an activating group) is 1. The maximum absolute atomic E-state index is 5.80. The van der Waals surface area contributed by atoms with E-state index in [1.807, 2.05) is 0 Å². The third-order valence-corrected chi connectivity index (χ3v) is 6.34. The van der Waals surface area contributed by atoms with Gasteiger partial charge in [-0.3, -0.25) is 0 Å². The van der Waals surface area contributed by atoms with Crippen LogP contribution in [0.4, 0.5) is 5.69 Å². The van der Waals surface area contributed by atoms with Crippen LogP contribution in [0.2, 0.25) is 0 Å². The number of ether oxygens (including phenoxy) is 5. The molecule has 34 heavy (non-hydrogen) atoms. The van der Waals surface area contributed by atoms with Crippen LogP contribution in [0.15, 0.2) is 24.3 Å². The second kappa shape index (κ2) is 17.2. The molecule has 0 bridgehead atoms. The van der Waals surface area contributed by atoms with Gasteiger partial charge < -0.3 is 38.4 Å². The van der Waals surface area contributed by atoms with Gasteiger partial charge in [-0.15, -0.1) is 0 Å². The molecule has 2 saturated heterocycles. The lowest BCUT2D eigenvalue weighted by Gasteiger charge is -2.32. The normalized spacial score (nSPS) is 22.2. The highest BCUT2D eigenvalue weighted by molar-refractivity contribution is 5.47. The van der Waals surface area contributed by atoms with E-state index in [0.29, 0.717) is 66.1 Å². The first-order valence-electron chi connectivity index (χ1n) is 12.9. The number of nitrogens with zero attached hydrogens (tertiary/aromatic N) is 3. The zero-order valence-electron chi connectivity index (χ0n) is 21.1. The Morgan fingerprint density at radius 3 is 1.56 bits per heavy atom. The predicted molar refractivity (Wildman–Crippen MR) is 135 cm³/mol. The topological polar surface area (TPSA) is 55.9 Å². The second-order valence-electron chi connectivity index (χ2n) is 8.96. The van der Waals surface area contributed by atoms with E-state index in [9.17, 15) is 0 Å². The minimum absolute atomic E-state index is 0.583. The largest absolute Gasteiger partial charge is 0.377 e. The van der Waals surface area contributed by atoms with E-state index >= 15 is 0 Å². The molecule has 3 rings (SSSR count). The van der Waals surface area contributed by atoms with E-state index in [-0.39, 0.29) is 0 Å². The van der Waals surface area contributed by atoms with Crippen molar-refractivity contribution in [2.45, 2.75) is 12.8 Å². The summed E-state index contributed by atoms with van der Waals surface area (Å²) in [7, 11) is 2.21. The number of hydrogen-bond donors (Lipinski definition) is 0. The quantitative estimate of drug-likeness (QED) is 0.634. The van der Waals surface area contributed by atoms with E-state index < -0.39 is 0 Å². The molecule has 0 spiro atoms. The molecule has 0 aliphatic carbocycles. The second-order valence-corrected chi connectivity index (χ2v) is 8.96. The fourth-order valence-electron chi connectivity index (χ4n) is 4.15. The van der Waals surface area contributed by atoms with Gasteiger partial charge in [0.1, 0.15) is 0 Å². The Morgan fingerprint density at radius 1 is 0.588 bits per heavy atom. The lowest BCUT2D eigenvalue weighted by molar-refractivity contribution is -0.0116. The highest BCUT2D eigenvalue weighted by Crippen LogP contribution is 2.16. The molecule has 2 fully saturated rings. The van der Waals surface area contributed by atoms with Crippen LogP contribution in [0.1, 0.15) is 12.0 Å². The summed E-state index contributed by atoms with van der Waals surface area (Å²) in [5.41, 5.74) is 2.62. The first-order chi connectivity index (χ1) is 16.8. The summed E-state index contributed by atoms with van der Waals surface area (Å²) in [5, 5.41) is 0. The van der Waals surface area contributed by atoms with E-state index in [0.717, 1.165) is 19.5 Å². The van der Waals surface area contributed by atoms with Crippen molar-refractivity contribution >= 4 is 5.69 Å². The van der Waals surface area contributed by atoms with Crippen molar-refractivity contribution in [2.75, 3.05) is 124 Å². The molecule has 0 N–H and O–H groups in total. The van der Waals surface area contributed by atoms with Crippen molar-refractivity contribution in [1.82, 2.24) is 9.80 Å². The van der Waals surface area contributed by atoms with Crippen LogP contribution in [0.25, 0.3) is 0 Å². The van der Waals surface area contributed by atoms with Crippen LogP contribution in [-0.4, -0.2) is 129 Å². The molecule has 1 aromatic rings. The first-order valence-corrected chi connectivity index (χ1v) is 12.9. The van der Waals surface area contributed by atoms with Crippen molar-refractivity contribution in [3.63, 3.8) is 0 Å². The summed E-state index contributed by atoms with van der Waals surface area (Å²) in [5.74, 6) is 0. The van der Waals surface area contributed by atoms with Crippen LogP contribution in [-0.2, 0) is 30.1 Å². The minimum Gasteiger partial charge on any atom is -0.377 e. The monoisotopic (exact) mass is 479 g/mol. The summed E-state index contributed by atoms with van der Waals surface area (Å²) < 4.78 is 28.2. The van der Waals surface area contributed by atoms with Gasteiger partial charge in [0.15, 0.2) is 0 Å². The summed E-state index contributed by atoms with van der Waals surface area (Å²) in [4.78, 5) is 7.34. The average Bonchev–Trinajstić information content (AvgIpc) is 2.86. The van der Waals surface area contributed by atoms with E-state index in [2.05, 4.69) is 46.0 Å². The molecular weight excluding hydrogens is 434 g/mol. The molecular formula is C26H45N3O5. The molecule has 0 amide bonds. The zero-order valence-corrected chi connectivity index (χ0v) is 21.1. The minimum atomic E-state index is 0.583. The summed E-state index contributed by atoms with van der Waals surface area (Å²) in [6.45, 7) is 13.6. The summed E-state index contributed by atoms with van der Waals surface area (Å²) in [6.07, 6.45) is 2.34. The number of hydrogen-bond acceptors (Lipinski definition) is 8. The van der Waals surface area contributed by atoms with E-state index in [4.69, 9.17) is 23.7 Å². The Hall–Kier alpha value is -1.26. The van der Waals surface area contributed by atoms with Gasteiger partial charge in [0.2, 0.25) is 0 Å². The maximum atomic E-state index is 5.80. The predicted octanol–water partition coefficient (Wildman–Crippen LogP) is 1.77. The van der Waals surface area contributed by atoms with Crippen LogP contribution in [0.3, 0.4) is 0 Å². The van der Waals surface area contributed by atoms with Crippen LogP contribution >= 0.6 is 0 Å². The van der Waals surface area contributed by atoms with Gasteiger partial charge >= 0.3 is 0 Å². The van der Waals surface area contributed by atoms with Gasteiger partial charge in [0.25, 0.3) is 0 Å². The van der Waals surface area contributed by atoms with Crippen molar-refractivity contribution in [1.29, 1.82) is 0 Å². The van der Waals surface area contributed by atoms with Crippen LogP contribution < -0.4 is 4.90 Å². The third kappa shape index (κ3) is 11.4. The molecule has 1 aromatic carbocycles. The average molecular weight is 480 g/mol. The molecule has 0 atom stereocenters. The fraction of sp³-hybridized carbons (Fsp3) is 0.769. The van der Waals surface area contributed by atoms with Gasteiger partial charge in [-0.1, -0.05) is 12.1 Å². The maximum Gasteiger partial charge on any atom is 0.0701 e. The molecule has 2 aliphatic heterocycles. The Bertz CT molecular complexity index is 607. The molecule has 8 heteroatoms. The number of piperazine rings is 1. The number of rotatable bonds is 5. The van der Waals surface area contributed by atoms with Crippen molar-refractivity contribution < 1.29 is 23.7 Å². The highest BCUT2D eigenvalue weighted by Gasteiger charge is 2.13. The Kier molecular flexibility index (Phi) is 13.8. The molecule has 8 nitrogen and oxygen atoms in total. The molecule has 0 aromatic heterocycles. The van der Waals surface area contributed by atoms with Crippen molar-refractivity contribution in [3.05, 3.63) is 29.8 Å². The first kappa shape index (κ1) is 27.3. The van der Waals surface area contributed by atoms with E-state index in [1.165, 1.54) is 50.4 Å². The Morgan fingerprint density at radius 2 is 1.06 bits per heavy atom. The molecule has 0 radical (unpaired) electrons. The van der Waals surface area contributed by atoms with Crippen LogP contribution in [0, 0.1) is 0 Å². The smallest absolute Gasteiger partial charge is 0.0701 e. The zero-order chi connectivity index (χ0) is 23.7. The van der Waals surface area contributed by atoms with E-state index in [1.54, 1.807) is 0 Å². The molecule has 2 aliphatic rings. The standard InChI is InChI=1S/C26H45N3O5/c1-27-9-11-28(12-10-27)8-2-3-25-4-6-26(7-5-25)29-13-15-30-17-19-32-21-23-34-24-22-33-20-18-31-16-14-29/h4-7H,2-3,8-24H2,1H3. The fourth-order valence-corrected chi connectivity index (χ4v) is 4.15. The summed E-state index contributed by atoms with van der Waals surface area (Å²) in [6, 6.07) is 9.03. The van der Waals surface area contributed by atoms with Gasteiger partial charge in [-0.2, -0.15) is 0 Å². The lowest BCUT2D eigenvalue weighted by atomic mass is 10.1. The molecule has 0 unspecified atom stereocenters. The number of benzene rings is 1. The van der Waals surface area contributed by atoms with Gasteiger partial charge in [0, 0.05) is 45.0 Å². The molecule has 0 saturated carbocycles. The third-order valence-electron chi connectivity index (χ3n) is 6.34. The lowest BCUT2D eigenvalue weighted by Crippen LogP contribution is -2.44. The van der Waals surface area contributed by atoms with Crippen molar-refractivity contribution in [2.24, 2.45) is 0 Å². The molecule has 194 valence electrons. The highest BCUT2D eigenvalue weighted by atomic mass is 16.6. The number of aryl methyl sites for hydroxylation is 1. The van der Waals surface area contributed by atoms with Crippen molar-refractivity contribution in [3.8, 4) is 0 Å². The Labute approximate surface area is 206 Å². The Balaban J connectivity index is 1.42. The summed E-state index contributed by atoms with van der Waals surface area (Å²) >= 11 is 0. The SMILES string of the molecule is CN1CCN(CCCc2ccc(N3CCOCCOCCOCCOCCOCC3)cc2)CC1. The van der Waals surface area contributed by atoms with Gasteiger partial charge in [-0.25, -0.2) is 0 Å².